The summed E-state index contributed by atoms with van der Waals surface area (Å²) in [7, 11) is -2.75. The van der Waals surface area contributed by atoms with E-state index in [1.54, 1.807) is 0 Å². The van der Waals surface area contributed by atoms with Crippen molar-refractivity contribution in [2.75, 3.05) is 0 Å². The maximum atomic E-state index is 5.28. The standard InChI is InChI=1S/C28H37NSi2/c1-19-13-15-21-22-16-14-20(18-24(22)28(2,3)23(21)17-19)25-11-10-12-26(29-25)27(30(4,5)6)31(7,8)9/h10-18,27H,1-9H3. The molecule has 1 aromatic heterocycles. The lowest BCUT2D eigenvalue weighted by Crippen LogP contribution is -2.46. The van der Waals surface area contributed by atoms with Crippen molar-refractivity contribution in [3.8, 4) is 22.4 Å². The Hall–Kier alpha value is -1.98. The summed E-state index contributed by atoms with van der Waals surface area (Å²) >= 11 is 0. The maximum absolute atomic E-state index is 5.28. The summed E-state index contributed by atoms with van der Waals surface area (Å²) in [5.41, 5.74) is 10.6. The van der Waals surface area contributed by atoms with Crippen LogP contribution in [-0.4, -0.2) is 21.1 Å². The minimum Gasteiger partial charge on any atom is -0.253 e. The number of fused-ring (bicyclic) bond motifs is 3. The van der Waals surface area contributed by atoms with Crippen LogP contribution in [0.5, 0.6) is 0 Å². The Morgan fingerprint density at radius 2 is 1.32 bits per heavy atom. The number of hydrogen-bond acceptors (Lipinski definition) is 1. The van der Waals surface area contributed by atoms with Gasteiger partial charge in [-0.1, -0.05) is 95.1 Å². The third kappa shape index (κ3) is 3.87. The van der Waals surface area contributed by atoms with Crippen LogP contribution >= 0.6 is 0 Å². The zero-order valence-corrected chi connectivity index (χ0v) is 22.7. The van der Waals surface area contributed by atoms with Gasteiger partial charge in [0, 0.05) is 16.7 Å². The summed E-state index contributed by atoms with van der Waals surface area (Å²) in [4.78, 5) is 5.28. The molecule has 0 N–H and O–H groups in total. The second-order valence-corrected chi connectivity index (χ2v) is 23.2. The van der Waals surface area contributed by atoms with Gasteiger partial charge in [0.2, 0.25) is 0 Å². The molecule has 1 heterocycles. The number of benzene rings is 2. The van der Waals surface area contributed by atoms with Crippen LogP contribution in [0.4, 0.5) is 0 Å². The molecule has 1 aliphatic carbocycles. The second kappa shape index (κ2) is 7.28. The van der Waals surface area contributed by atoms with E-state index in [1.165, 1.54) is 39.1 Å². The molecule has 0 amide bonds. The fourth-order valence-electron chi connectivity index (χ4n) is 5.97. The van der Waals surface area contributed by atoms with E-state index in [4.69, 9.17) is 4.98 Å². The first-order valence-electron chi connectivity index (χ1n) is 11.5. The van der Waals surface area contributed by atoms with Gasteiger partial charge in [0.25, 0.3) is 0 Å². The van der Waals surface area contributed by atoms with Crippen molar-refractivity contribution in [1.82, 2.24) is 4.98 Å². The Morgan fingerprint density at radius 3 is 1.94 bits per heavy atom. The van der Waals surface area contributed by atoms with Crippen LogP contribution in [0.1, 0.15) is 41.4 Å². The molecule has 31 heavy (non-hydrogen) atoms. The van der Waals surface area contributed by atoms with E-state index in [-0.39, 0.29) is 5.41 Å². The Morgan fingerprint density at radius 1 is 0.742 bits per heavy atom. The molecule has 0 bridgehead atoms. The smallest absolute Gasteiger partial charge is 0.0705 e. The van der Waals surface area contributed by atoms with Crippen LogP contribution in [0.3, 0.4) is 0 Å². The molecule has 3 heteroatoms. The van der Waals surface area contributed by atoms with Gasteiger partial charge in [-0.05, 0) is 52.5 Å². The fourth-order valence-corrected chi connectivity index (χ4v) is 18.5. The van der Waals surface area contributed by atoms with Gasteiger partial charge < -0.3 is 0 Å². The van der Waals surface area contributed by atoms with Crippen LogP contribution < -0.4 is 0 Å². The molecular weight excluding hydrogens is 406 g/mol. The minimum absolute atomic E-state index is 0.0174. The van der Waals surface area contributed by atoms with Crippen LogP contribution in [0, 0.1) is 6.92 Å². The summed E-state index contributed by atoms with van der Waals surface area (Å²) in [5.74, 6) is 0. The van der Waals surface area contributed by atoms with Crippen molar-refractivity contribution in [3.63, 3.8) is 0 Å². The van der Waals surface area contributed by atoms with Crippen molar-refractivity contribution in [3.05, 3.63) is 77.0 Å². The molecule has 3 aromatic rings. The molecule has 1 aliphatic rings. The highest BCUT2D eigenvalue weighted by molar-refractivity contribution is 6.96. The first-order chi connectivity index (χ1) is 14.3. The van der Waals surface area contributed by atoms with E-state index in [2.05, 4.69) is 115 Å². The van der Waals surface area contributed by atoms with Gasteiger partial charge >= 0.3 is 0 Å². The molecule has 0 fully saturated rings. The van der Waals surface area contributed by atoms with Gasteiger partial charge in [-0.15, -0.1) is 0 Å². The lowest BCUT2D eigenvalue weighted by atomic mass is 9.81. The van der Waals surface area contributed by atoms with Gasteiger partial charge in [0.05, 0.1) is 21.8 Å². The predicted molar refractivity (Wildman–Crippen MR) is 141 cm³/mol. The largest absolute Gasteiger partial charge is 0.253 e. The molecule has 2 aromatic carbocycles. The molecule has 0 saturated carbocycles. The van der Waals surface area contributed by atoms with E-state index in [1.807, 2.05) is 0 Å². The fraction of sp³-hybridized carbons (Fsp3) is 0.393. The molecule has 1 nitrogen and oxygen atoms in total. The molecule has 162 valence electrons. The first-order valence-corrected chi connectivity index (χ1v) is 18.7. The van der Waals surface area contributed by atoms with Crippen LogP contribution in [0.15, 0.2) is 54.6 Å². The van der Waals surface area contributed by atoms with Crippen molar-refractivity contribution in [1.29, 1.82) is 0 Å². The molecule has 0 radical (unpaired) electrons. The summed E-state index contributed by atoms with van der Waals surface area (Å²) in [6.45, 7) is 21.9. The Bertz CT molecular complexity index is 1130. The summed E-state index contributed by atoms with van der Waals surface area (Å²) in [5, 5.41) is 0.651. The Kier molecular flexibility index (Phi) is 5.22. The molecule has 0 spiro atoms. The molecular formula is C28H37NSi2. The molecule has 0 aliphatic heterocycles. The molecule has 0 atom stereocenters. The third-order valence-electron chi connectivity index (χ3n) is 6.93. The van der Waals surface area contributed by atoms with Crippen molar-refractivity contribution >= 4 is 16.1 Å². The minimum atomic E-state index is -1.38. The highest BCUT2D eigenvalue weighted by atomic mass is 28.4. The lowest BCUT2D eigenvalue weighted by Gasteiger charge is -2.38. The number of rotatable bonds is 4. The Balaban J connectivity index is 1.81. The van der Waals surface area contributed by atoms with E-state index in [0.717, 1.165) is 5.69 Å². The maximum Gasteiger partial charge on any atom is 0.0705 e. The monoisotopic (exact) mass is 443 g/mol. The quantitative estimate of drug-likeness (QED) is 0.370. The van der Waals surface area contributed by atoms with E-state index in [9.17, 15) is 0 Å². The molecule has 4 rings (SSSR count). The highest BCUT2D eigenvalue weighted by Crippen LogP contribution is 2.49. The van der Waals surface area contributed by atoms with Crippen LogP contribution in [0.25, 0.3) is 22.4 Å². The van der Waals surface area contributed by atoms with Crippen LogP contribution in [-0.2, 0) is 5.41 Å². The Labute approximate surface area is 191 Å². The van der Waals surface area contributed by atoms with Crippen molar-refractivity contribution in [2.45, 2.75) is 70.6 Å². The third-order valence-corrected chi connectivity index (χ3v) is 16.2. The second-order valence-electron chi connectivity index (χ2n) is 12.0. The number of aryl methyl sites for hydroxylation is 1. The molecule has 0 saturated heterocycles. The van der Waals surface area contributed by atoms with Gasteiger partial charge in [0.1, 0.15) is 0 Å². The SMILES string of the molecule is Cc1ccc2c(c1)C(C)(C)c1cc(-c3cccc(C([Si](C)(C)C)[Si](C)(C)C)n3)ccc1-2. The first kappa shape index (κ1) is 22.2. The summed E-state index contributed by atoms with van der Waals surface area (Å²) in [6.07, 6.45) is 0. The zero-order chi connectivity index (χ0) is 22.8. The van der Waals surface area contributed by atoms with E-state index < -0.39 is 16.1 Å². The van der Waals surface area contributed by atoms with Crippen molar-refractivity contribution < 1.29 is 0 Å². The van der Waals surface area contributed by atoms with Gasteiger partial charge in [-0.25, -0.2) is 0 Å². The zero-order valence-electron chi connectivity index (χ0n) is 20.7. The predicted octanol–water partition coefficient (Wildman–Crippen LogP) is 8.20. The van der Waals surface area contributed by atoms with E-state index in [0.29, 0.717) is 5.16 Å². The van der Waals surface area contributed by atoms with E-state index >= 15 is 0 Å². The summed E-state index contributed by atoms with van der Waals surface area (Å²) < 4.78 is 0. The topological polar surface area (TPSA) is 12.9 Å². The average Bonchev–Trinajstić information content (AvgIpc) is 2.86. The van der Waals surface area contributed by atoms with Gasteiger partial charge in [-0.3, -0.25) is 4.98 Å². The normalized spacial score (nSPS) is 15.2. The number of hydrogen-bond donors (Lipinski definition) is 0. The number of nitrogens with zero attached hydrogens (tertiary/aromatic N) is 1. The van der Waals surface area contributed by atoms with Crippen LogP contribution in [0.2, 0.25) is 39.3 Å². The molecule has 0 unspecified atom stereocenters. The van der Waals surface area contributed by atoms with Gasteiger partial charge in [-0.2, -0.15) is 0 Å². The lowest BCUT2D eigenvalue weighted by molar-refractivity contribution is 0.660. The van der Waals surface area contributed by atoms with Crippen molar-refractivity contribution in [2.24, 2.45) is 0 Å². The highest BCUT2D eigenvalue weighted by Gasteiger charge is 2.40. The average molecular weight is 444 g/mol. The number of aromatic nitrogens is 1. The summed E-state index contributed by atoms with van der Waals surface area (Å²) in [6, 6.07) is 20.6. The number of pyridine rings is 1. The van der Waals surface area contributed by atoms with Gasteiger partial charge in [0.15, 0.2) is 0 Å².